The first-order chi connectivity index (χ1) is 7.26. The molecule has 3 unspecified atom stereocenters. The summed E-state index contributed by atoms with van der Waals surface area (Å²) in [5, 5.41) is 0. The number of carbonyl (C=O) groups is 1. The Labute approximate surface area is 101 Å². The van der Waals surface area contributed by atoms with Crippen molar-refractivity contribution in [2.24, 2.45) is 29.1 Å². The van der Waals surface area contributed by atoms with Gasteiger partial charge in [-0.1, -0.05) is 41.0 Å². The summed E-state index contributed by atoms with van der Waals surface area (Å²) in [6.45, 7) is 13.5. The van der Waals surface area contributed by atoms with Crippen molar-refractivity contribution in [3.05, 3.63) is 0 Å². The molecule has 4 atom stereocenters. The van der Waals surface area contributed by atoms with Gasteiger partial charge in [-0.05, 0) is 42.4 Å². The summed E-state index contributed by atoms with van der Waals surface area (Å²) in [7, 11) is 0. The zero-order chi connectivity index (χ0) is 12.5. The molecule has 1 aliphatic rings. The van der Waals surface area contributed by atoms with Crippen molar-refractivity contribution in [1.82, 2.24) is 0 Å². The SMILES string of the molecule is CC(=O)C[C@@H](C)C1C(C)CCC(C)C1(C)C. The van der Waals surface area contributed by atoms with E-state index in [0.717, 1.165) is 18.3 Å². The lowest BCUT2D eigenvalue weighted by atomic mass is 9.55. The van der Waals surface area contributed by atoms with Crippen LogP contribution in [0.2, 0.25) is 0 Å². The zero-order valence-corrected chi connectivity index (χ0v) is 11.8. The van der Waals surface area contributed by atoms with Gasteiger partial charge in [0.1, 0.15) is 5.78 Å². The fraction of sp³-hybridized carbons (Fsp3) is 0.933. The molecule has 0 spiro atoms. The van der Waals surface area contributed by atoms with Gasteiger partial charge in [-0.3, -0.25) is 0 Å². The zero-order valence-electron chi connectivity index (χ0n) is 11.8. The molecule has 1 heteroatoms. The minimum absolute atomic E-state index is 0.341. The Balaban J connectivity index is 2.84. The van der Waals surface area contributed by atoms with E-state index in [-0.39, 0.29) is 0 Å². The molecule has 1 fully saturated rings. The molecule has 0 aromatic heterocycles. The van der Waals surface area contributed by atoms with Crippen LogP contribution in [0.3, 0.4) is 0 Å². The van der Waals surface area contributed by atoms with Crippen LogP contribution in [0.4, 0.5) is 0 Å². The summed E-state index contributed by atoms with van der Waals surface area (Å²) in [5.41, 5.74) is 0.381. The first-order valence-corrected chi connectivity index (χ1v) is 6.76. The molecule has 0 aromatic rings. The number of ketones is 1. The van der Waals surface area contributed by atoms with Gasteiger partial charge in [-0.15, -0.1) is 0 Å². The Bertz CT molecular complexity index is 254. The van der Waals surface area contributed by atoms with E-state index in [9.17, 15) is 4.79 Å². The summed E-state index contributed by atoms with van der Waals surface area (Å²) in [6, 6.07) is 0. The molecule has 0 N–H and O–H groups in total. The lowest BCUT2D eigenvalue weighted by Crippen LogP contribution is -2.43. The molecular formula is C15H28O. The van der Waals surface area contributed by atoms with Gasteiger partial charge in [0.15, 0.2) is 0 Å². The maximum absolute atomic E-state index is 11.3. The molecule has 0 saturated heterocycles. The number of hydrogen-bond acceptors (Lipinski definition) is 1. The number of carbonyl (C=O) groups excluding carboxylic acids is 1. The van der Waals surface area contributed by atoms with Crippen LogP contribution in [-0.2, 0) is 4.79 Å². The molecule has 0 bridgehead atoms. The second-order valence-corrected chi connectivity index (χ2v) is 6.69. The van der Waals surface area contributed by atoms with Crippen LogP contribution in [0.5, 0.6) is 0 Å². The Morgan fingerprint density at radius 1 is 1.31 bits per heavy atom. The average Bonchev–Trinajstić information content (AvgIpc) is 2.10. The van der Waals surface area contributed by atoms with Crippen LogP contribution < -0.4 is 0 Å². The van der Waals surface area contributed by atoms with Gasteiger partial charge in [-0.25, -0.2) is 0 Å². The molecule has 1 saturated carbocycles. The Kier molecular flexibility index (Phi) is 4.20. The molecular weight excluding hydrogens is 196 g/mol. The molecule has 0 heterocycles. The van der Waals surface area contributed by atoms with Gasteiger partial charge in [0.05, 0.1) is 0 Å². The van der Waals surface area contributed by atoms with Gasteiger partial charge < -0.3 is 4.79 Å². The van der Waals surface area contributed by atoms with E-state index in [1.165, 1.54) is 12.8 Å². The van der Waals surface area contributed by atoms with Gasteiger partial charge >= 0.3 is 0 Å². The number of Topliss-reactive ketones (excluding diaryl/α,β-unsaturated/α-hetero) is 1. The van der Waals surface area contributed by atoms with Crippen molar-refractivity contribution >= 4 is 5.78 Å². The van der Waals surface area contributed by atoms with Crippen LogP contribution in [0, 0.1) is 29.1 Å². The largest absolute Gasteiger partial charge is 0.300 e. The van der Waals surface area contributed by atoms with Crippen molar-refractivity contribution < 1.29 is 4.79 Å². The van der Waals surface area contributed by atoms with E-state index < -0.39 is 0 Å². The summed E-state index contributed by atoms with van der Waals surface area (Å²) in [5.74, 6) is 3.11. The molecule has 0 radical (unpaired) electrons. The standard InChI is InChI=1S/C15H28O/c1-10-7-8-12(3)15(5,6)14(10)11(2)9-13(4)16/h10-12,14H,7-9H2,1-6H3/t10?,11-,12?,14?/m1/s1. The monoisotopic (exact) mass is 224 g/mol. The van der Waals surface area contributed by atoms with Gasteiger partial charge in [0.25, 0.3) is 0 Å². The summed E-state index contributed by atoms with van der Waals surface area (Å²) in [6.07, 6.45) is 3.43. The van der Waals surface area contributed by atoms with Gasteiger partial charge in [0.2, 0.25) is 0 Å². The lowest BCUT2D eigenvalue weighted by Gasteiger charge is -2.50. The average molecular weight is 224 g/mol. The molecule has 1 aliphatic carbocycles. The first kappa shape index (κ1) is 13.7. The van der Waals surface area contributed by atoms with Crippen LogP contribution in [0.25, 0.3) is 0 Å². The fourth-order valence-corrected chi connectivity index (χ4v) is 4.00. The highest BCUT2D eigenvalue weighted by molar-refractivity contribution is 5.75. The quantitative estimate of drug-likeness (QED) is 0.698. The Hall–Kier alpha value is -0.330. The van der Waals surface area contributed by atoms with E-state index >= 15 is 0 Å². The third-order valence-electron chi connectivity index (χ3n) is 5.02. The highest BCUT2D eigenvalue weighted by atomic mass is 16.1. The van der Waals surface area contributed by atoms with E-state index in [4.69, 9.17) is 0 Å². The molecule has 0 aliphatic heterocycles. The second kappa shape index (κ2) is 4.89. The van der Waals surface area contributed by atoms with Crippen molar-refractivity contribution in [1.29, 1.82) is 0 Å². The van der Waals surface area contributed by atoms with E-state index in [1.54, 1.807) is 6.92 Å². The van der Waals surface area contributed by atoms with E-state index in [0.29, 0.717) is 23.0 Å². The van der Waals surface area contributed by atoms with Gasteiger partial charge in [-0.2, -0.15) is 0 Å². The lowest BCUT2D eigenvalue weighted by molar-refractivity contribution is -0.119. The third-order valence-corrected chi connectivity index (χ3v) is 5.02. The summed E-state index contributed by atoms with van der Waals surface area (Å²) >= 11 is 0. The molecule has 1 nitrogen and oxygen atoms in total. The second-order valence-electron chi connectivity index (χ2n) is 6.69. The minimum Gasteiger partial charge on any atom is -0.300 e. The van der Waals surface area contributed by atoms with Crippen LogP contribution >= 0.6 is 0 Å². The molecule has 1 rings (SSSR count). The fourth-order valence-electron chi connectivity index (χ4n) is 4.00. The molecule has 0 amide bonds. The minimum atomic E-state index is 0.341. The summed E-state index contributed by atoms with van der Waals surface area (Å²) < 4.78 is 0. The summed E-state index contributed by atoms with van der Waals surface area (Å²) in [4.78, 5) is 11.3. The molecule has 94 valence electrons. The van der Waals surface area contributed by atoms with E-state index in [2.05, 4.69) is 34.6 Å². The first-order valence-electron chi connectivity index (χ1n) is 6.76. The number of rotatable bonds is 3. The topological polar surface area (TPSA) is 17.1 Å². The highest BCUT2D eigenvalue weighted by Crippen LogP contribution is 2.51. The molecule has 0 aromatic carbocycles. The third kappa shape index (κ3) is 2.67. The van der Waals surface area contributed by atoms with Crippen molar-refractivity contribution in [3.8, 4) is 0 Å². The van der Waals surface area contributed by atoms with Crippen molar-refractivity contribution in [2.75, 3.05) is 0 Å². The van der Waals surface area contributed by atoms with Crippen molar-refractivity contribution in [3.63, 3.8) is 0 Å². The van der Waals surface area contributed by atoms with Crippen molar-refractivity contribution in [2.45, 2.75) is 60.8 Å². The maximum atomic E-state index is 11.3. The normalized spacial score (nSPS) is 35.8. The highest BCUT2D eigenvalue weighted by Gasteiger charge is 2.43. The Morgan fingerprint density at radius 3 is 2.38 bits per heavy atom. The molecule has 16 heavy (non-hydrogen) atoms. The van der Waals surface area contributed by atoms with Crippen LogP contribution in [0.15, 0.2) is 0 Å². The Morgan fingerprint density at radius 2 is 1.88 bits per heavy atom. The van der Waals surface area contributed by atoms with E-state index in [1.807, 2.05) is 0 Å². The maximum Gasteiger partial charge on any atom is 0.130 e. The predicted octanol–water partition coefficient (Wildman–Crippen LogP) is 4.31. The smallest absolute Gasteiger partial charge is 0.130 e. The predicted molar refractivity (Wildman–Crippen MR) is 69.3 cm³/mol. The van der Waals surface area contributed by atoms with Crippen LogP contribution in [0.1, 0.15) is 60.8 Å². The van der Waals surface area contributed by atoms with Crippen LogP contribution in [-0.4, -0.2) is 5.78 Å². The van der Waals surface area contributed by atoms with Gasteiger partial charge in [0, 0.05) is 6.42 Å². The number of hydrogen-bond donors (Lipinski definition) is 0.